The van der Waals surface area contributed by atoms with Crippen LogP contribution < -0.4 is 10.2 Å². The van der Waals surface area contributed by atoms with Gasteiger partial charge < -0.3 is 20.1 Å². The van der Waals surface area contributed by atoms with E-state index in [-0.39, 0.29) is 6.03 Å². The second-order valence-corrected chi connectivity index (χ2v) is 6.89. The third-order valence-corrected chi connectivity index (χ3v) is 5.19. The number of nitrogens with zero attached hydrogens (tertiary/aromatic N) is 2. The number of anilines is 2. The van der Waals surface area contributed by atoms with Crippen LogP contribution in [-0.2, 0) is 0 Å². The number of nitrogens with one attached hydrogen (secondary N) is 2. The summed E-state index contributed by atoms with van der Waals surface area (Å²) in [5, 5.41) is 4.33. The predicted octanol–water partition coefficient (Wildman–Crippen LogP) is 4.14. The van der Waals surface area contributed by atoms with Crippen molar-refractivity contribution in [3.05, 3.63) is 59.8 Å². The molecule has 0 bridgehead atoms. The van der Waals surface area contributed by atoms with E-state index in [1.54, 1.807) is 0 Å². The summed E-state index contributed by atoms with van der Waals surface area (Å²) < 4.78 is 0. The highest BCUT2D eigenvalue weighted by Crippen LogP contribution is 2.27. The van der Waals surface area contributed by atoms with Gasteiger partial charge in [-0.3, -0.25) is 0 Å². The molecule has 1 saturated heterocycles. The number of hydrogen-bond donors (Lipinski definition) is 2. The summed E-state index contributed by atoms with van der Waals surface area (Å²) in [6, 6.07) is 14.5. The van der Waals surface area contributed by atoms with Crippen LogP contribution in [0.5, 0.6) is 0 Å². The van der Waals surface area contributed by atoms with Crippen molar-refractivity contribution in [1.29, 1.82) is 0 Å². The van der Waals surface area contributed by atoms with Crippen molar-refractivity contribution < 1.29 is 4.79 Å². The van der Waals surface area contributed by atoms with E-state index >= 15 is 0 Å². The maximum absolute atomic E-state index is 12.7. The number of para-hydroxylation sites is 1. The summed E-state index contributed by atoms with van der Waals surface area (Å²) in [5.74, 6) is 0. The second kappa shape index (κ2) is 6.75. The molecular weight excluding hydrogens is 324 g/mol. The van der Waals surface area contributed by atoms with Crippen LogP contribution in [0.15, 0.2) is 48.7 Å². The minimum Gasteiger partial charge on any atom is -0.367 e. The Hall–Kier alpha value is -2.95. The lowest BCUT2D eigenvalue weighted by Gasteiger charge is -2.36. The lowest BCUT2D eigenvalue weighted by Crippen LogP contribution is -2.50. The van der Waals surface area contributed by atoms with E-state index in [0.717, 1.165) is 48.5 Å². The summed E-state index contributed by atoms with van der Waals surface area (Å²) in [4.78, 5) is 20.2. The van der Waals surface area contributed by atoms with Gasteiger partial charge in [0.1, 0.15) is 0 Å². The highest BCUT2D eigenvalue weighted by molar-refractivity contribution is 5.93. The SMILES string of the molecule is Cc1cccc(C)c1NC(=O)N1CCN(c2cccc3[nH]ccc23)CC1. The minimum absolute atomic E-state index is 0.0121. The van der Waals surface area contributed by atoms with E-state index in [9.17, 15) is 4.79 Å². The van der Waals surface area contributed by atoms with Crippen molar-refractivity contribution in [2.45, 2.75) is 13.8 Å². The third-order valence-electron chi connectivity index (χ3n) is 5.19. The van der Waals surface area contributed by atoms with Gasteiger partial charge in [0.05, 0.1) is 0 Å². The number of benzene rings is 2. The van der Waals surface area contributed by atoms with Crippen LogP contribution in [0.3, 0.4) is 0 Å². The predicted molar refractivity (Wildman–Crippen MR) is 107 cm³/mol. The largest absolute Gasteiger partial charge is 0.367 e. The van der Waals surface area contributed by atoms with Crippen LogP contribution in [-0.4, -0.2) is 42.1 Å². The smallest absolute Gasteiger partial charge is 0.321 e. The molecule has 1 aliphatic rings. The summed E-state index contributed by atoms with van der Waals surface area (Å²) in [5.41, 5.74) is 5.50. The molecule has 0 saturated carbocycles. The zero-order valence-electron chi connectivity index (χ0n) is 15.2. The molecule has 0 spiro atoms. The number of amides is 2. The summed E-state index contributed by atoms with van der Waals surface area (Å²) >= 11 is 0. The number of urea groups is 1. The van der Waals surface area contributed by atoms with Crippen LogP contribution >= 0.6 is 0 Å². The molecule has 0 aliphatic carbocycles. The van der Waals surface area contributed by atoms with E-state index in [4.69, 9.17) is 0 Å². The molecule has 4 rings (SSSR count). The number of carbonyl (C=O) groups excluding carboxylic acids is 1. The third kappa shape index (κ3) is 3.01. The summed E-state index contributed by atoms with van der Waals surface area (Å²) in [6.07, 6.45) is 1.97. The molecule has 1 aromatic heterocycles. The van der Waals surface area contributed by atoms with Gasteiger partial charge >= 0.3 is 6.03 Å². The van der Waals surface area contributed by atoms with Gasteiger partial charge in [-0.2, -0.15) is 0 Å². The number of aromatic amines is 1. The second-order valence-electron chi connectivity index (χ2n) is 6.89. The number of aryl methyl sites for hydroxylation is 2. The topological polar surface area (TPSA) is 51.4 Å². The number of fused-ring (bicyclic) bond motifs is 1. The Morgan fingerprint density at radius 3 is 2.38 bits per heavy atom. The van der Waals surface area contributed by atoms with E-state index in [1.165, 1.54) is 11.1 Å². The van der Waals surface area contributed by atoms with Gasteiger partial charge in [0.15, 0.2) is 0 Å². The number of hydrogen-bond acceptors (Lipinski definition) is 2. The normalized spacial score (nSPS) is 14.7. The zero-order chi connectivity index (χ0) is 18.1. The fourth-order valence-corrected chi connectivity index (χ4v) is 3.69. The molecule has 5 nitrogen and oxygen atoms in total. The number of rotatable bonds is 2. The number of carbonyl (C=O) groups is 1. The molecule has 2 N–H and O–H groups in total. The molecule has 26 heavy (non-hydrogen) atoms. The number of aromatic nitrogens is 1. The van der Waals surface area contributed by atoms with E-state index in [0.29, 0.717) is 0 Å². The maximum atomic E-state index is 12.7. The van der Waals surface area contributed by atoms with Gasteiger partial charge in [-0.25, -0.2) is 4.79 Å². The van der Waals surface area contributed by atoms with Crippen molar-refractivity contribution in [2.75, 3.05) is 36.4 Å². The molecule has 134 valence electrons. The van der Waals surface area contributed by atoms with Gasteiger partial charge in [0.25, 0.3) is 0 Å². The molecule has 2 heterocycles. The minimum atomic E-state index is -0.0121. The summed E-state index contributed by atoms with van der Waals surface area (Å²) in [6.45, 7) is 7.17. The lowest BCUT2D eigenvalue weighted by molar-refractivity contribution is 0.208. The molecule has 0 atom stereocenters. The number of piperazine rings is 1. The molecule has 3 aromatic rings. The van der Waals surface area contributed by atoms with E-state index in [1.807, 2.05) is 43.1 Å². The van der Waals surface area contributed by atoms with Crippen molar-refractivity contribution in [3.63, 3.8) is 0 Å². The first-order valence-corrected chi connectivity index (χ1v) is 9.06. The molecule has 2 aromatic carbocycles. The Balaban J connectivity index is 1.43. The van der Waals surface area contributed by atoms with Crippen LogP contribution in [0.2, 0.25) is 0 Å². The van der Waals surface area contributed by atoms with Crippen molar-refractivity contribution in [2.24, 2.45) is 0 Å². The monoisotopic (exact) mass is 348 g/mol. The first-order chi connectivity index (χ1) is 12.6. The Morgan fingerprint density at radius 1 is 0.962 bits per heavy atom. The standard InChI is InChI=1S/C21H24N4O/c1-15-5-3-6-16(2)20(15)23-21(26)25-13-11-24(12-14-25)19-8-4-7-18-17(19)9-10-22-18/h3-10,22H,11-14H2,1-2H3,(H,23,26). The molecule has 2 amide bonds. The fraction of sp³-hybridized carbons (Fsp3) is 0.286. The Kier molecular flexibility index (Phi) is 4.29. The molecule has 1 fully saturated rings. The molecular formula is C21H24N4O. The Morgan fingerprint density at radius 2 is 1.65 bits per heavy atom. The Bertz CT molecular complexity index is 918. The quantitative estimate of drug-likeness (QED) is 0.731. The van der Waals surface area contributed by atoms with Crippen LogP contribution in [0.25, 0.3) is 10.9 Å². The molecule has 5 heteroatoms. The van der Waals surface area contributed by atoms with Crippen LogP contribution in [0.1, 0.15) is 11.1 Å². The van der Waals surface area contributed by atoms with Crippen LogP contribution in [0, 0.1) is 13.8 Å². The highest BCUT2D eigenvalue weighted by atomic mass is 16.2. The van der Waals surface area contributed by atoms with Gasteiger partial charge in [-0.15, -0.1) is 0 Å². The zero-order valence-corrected chi connectivity index (χ0v) is 15.2. The average molecular weight is 348 g/mol. The van der Waals surface area contributed by atoms with Crippen LogP contribution in [0.4, 0.5) is 16.2 Å². The first kappa shape index (κ1) is 16.5. The Labute approximate surface area is 153 Å². The van der Waals surface area contributed by atoms with Gasteiger partial charge in [0, 0.05) is 54.7 Å². The molecule has 1 aliphatic heterocycles. The summed E-state index contributed by atoms with van der Waals surface area (Å²) in [7, 11) is 0. The molecule has 0 unspecified atom stereocenters. The average Bonchev–Trinajstić information content (AvgIpc) is 3.14. The highest BCUT2D eigenvalue weighted by Gasteiger charge is 2.23. The van der Waals surface area contributed by atoms with E-state index < -0.39 is 0 Å². The lowest BCUT2D eigenvalue weighted by atomic mass is 10.1. The maximum Gasteiger partial charge on any atom is 0.321 e. The van der Waals surface area contributed by atoms with Gasteiger partial charge in [0.2, 0.25) is 0 Å². The fourth-order valence-electron chi connectivity index (χ4n) is 3.69. The van der Waals surface area contributed by atoms with E-state index in [2.05, 4.69) is 39.5 Å². The van der Waals surface area contributed by atoms with Gasteiger partial charge in [-0.05, 0) is 43.2 Å². The van der Waals surface area contributed by atoms with Crippen molar-refractivity contribution in [3.8, 4) is 0 Å². The van der Waals surface area contributed by atoms with Gasteiger partial charge in [-0.1, -0.05) is 24.3 Å². The first-order valence-electron chi connectivity index (χ1n) is 9.06. The molecule has 0 radical (unpaired) electrons. The van der Waals surface area contributed by atoms with Crippen molar-refractivity contribution in [1.82, 2.24) is 9.88 Å². The number of H-pyrrole nitrogens is 1. The van der Waals surface area contributed by atoms with Crippen molar-refractivity contribution >= 4 is 28.3 Å².